The van der Waals surface area contributed by atoms with E-state index in [9.17, 15) is 8.78 Å². The molecule has 0 amide bonds. The fraction of sp³-hybridized carbons (Fsp3) is 0.250. The molecule has 1 aromatic rings. The Balaban J connectivity index is 3.00. The Labute approximate surface area is 82.3 Å². The van der Waals surface area contributed by atoms with Crippen LogP contribution in [0.4, 0.5) is 8.78 Å². The van der Waals surface area contributed by atoms with E-state index in [1.807, 2.05) is 6.07 Å². The molecule has 1 heterocycles. The molecule has 2 nitrogen and oxygen atoms in total. The number of hydrogen-bond donors (Lipinski definition) is 0. The van der Waals surface area contributed by atoms with Crippen molar-refractivity contribution in [2.75, 3.05) is 0 Å². The van der Waals surface area contributed by atoms with Crippen LogP contribution in [-0.2, 0) is 6.42 Å². The lowest BCUT2D eigenvalue weighted by Gasteiger charge is -2.02. The molecule has 0 aromatic carbocycles. The molecule has 1 aromatic heterocycles. The van der Waals surface area contributed by atoms with Gasteiger partial charge >= 0.3 is 0 Å². The molecule has 0 fully saturated rings. The number of alkyl halides is 2. The van der Waals surface area contributed by atoms with Crippen molar-refractivity contribution in [3.8, 4) is 6.07 Å². The largest absolute Gasteiger partial charge is 0.280 e. The van der Waals surface area contributed by atoms with Gasteiger partial charge in [-0.1, -0.05) is 15.9 Å². The van der Waals surface area contributed by atoms with Crippen molar-refractivity contribution in [2.24, 2.45) is 0 Å². The quantitative estimate of drug-likeness (QED) is 0.805. The van der Waals surface area contributed by atoms with Gasteiger partial charge in [0.15, 0.2) is 0 Å². The van der Waals surface area contributed by atoms with Gasteiger partial charge in [0.05, 0.1) is 12.5 Å². The Hall–Kier alpha value is -1.02. The highest BCUT2D eigenvalue weighted by Crippen LogP contribution is 2.23. The molecule has 0 N–H and O–H groups in total. The molecular weight excluding hydrogens is 242 g/mol. The van der Waals surface area contributed by atoms with Gasteiger partial charge in [-0.05, 0) is 11.6 Å². The maximum absolute atomic E-state index is 12.1. The molecule has 0 radical (unpaired) electrons. The molecule has 0 spiro atoms. The number of rotatable bonds is 2. The highest BCUT2D eigenvalue weighted by molar-refractivity contribution is 9.10. The van der Waals surface area contributed by atoms with Crippen molar-refractivity contribution in [3.05, 3.63) is 28.0 Å². The van der Waals surface area contributed by atoms with Gasteiger partial charge in [0.2, 0.25) is 0 Å². The van der Waals surface area contributed by atoms with Crippen LogP contribution in [0.15, 0.2) is 16.7 Å². The first-order valence-electron chi connectivity index (χ1n) is 3.44. The Kier molecular flexibility index (Phi) is 3.32. The summed E-state index contributed by atoms with van der Waals surface area (Å²) in [5.41, 5.74) is 0.334. The van der Waals surface area contributed by atoms with E-state index in [-0.39, 0.29) is 12.1 Å². The molecule has 5 heteroatoms. The van der Waals surface area contributed by atoms with Gasteiger partial charge < -0.3 is 0 Å². The molecule has 0 atom stereocenters. The summed E-state index contributed by atoms with van der Waals surface area (Å²) in [4.78, 5) is 3.53. The van der Waals surface area contributed by atoms with Crippen molar-refractivity contribution in [2.45, 2.75) is 12.8 Å². The number of hydrogen-bond acceptors (Lipinski definition) is 2. The van der Waals surface area contributed by atoms with E-state index in [4.69, 9.17) is 5.26 Å². The third-order valence-corrected chi connectivity index (χ3v) is 2.18. The summed E-state index contributed by atoms with van der Waals surface area (Å²) in [7, 11) is 0. The van der Waals surface area contributed by atoms with Crippen molar-refractivity contribution < 1.29 is 8.78 Å². The monoisotopic (exact) mass is 246 g/mol. The Bertz CT molecular complexity index is 346. The van der Waals surface area contributed by atoms with Crippen LogP contribution >= 0.6 is 15.9 Å². The number of halogens is 3. The van der Waals surface area contributed by atoms with Crippen LogP contribution in [0.3, 0.4) is 0 Å². The van der Waals surface area contributed by atoms with E-state index < -0.39 is 6.43 Å². The fourth-order valence-electron chi connectivity index (χ4n) is 0.809. The highest BCUT2D eigenvalue weighted by Gasteiger charge is 2.10. The predicted octanol–water partition coefficient (Wildman–Crippen LogP) is 2.85. The molecule has 0 bridgehead atoms. The van der Waals surface area contributed by atoms with E-state index in [0.29, 0.717) is 10.0 Å². The molecule has 0 aliphatic heterocycles. The van der Waals surface area contributed by atoms with Crippen molar-refractivity contribution in [3.63, 3.8) is 0 Å². The average molecular weight is 247 g/mol. The van der Waals surface area contributed by atoms with Crippen molar-refractivity contribution in [1.82, 2.24) is 4.98 Å². The van der Waals surface area contributed by atoms with Crippen LogP contribution in [-0.4, -0.2) is 4.98 Å². The number of aromatic nitrogens is 1. The second-order valence-electron chi connectivity index (χ2n) is 2.34. The summed E-state index contributed by atoms with van der Waals surface area (Å²) in [6.45, 7) is 0. The first-order chi connectivity index (χ1) is 6.15. The predicted molar refractivity (Wildman–Crippen MR) is 46.2 cm³/mol. The smallest absolute Gasteiger partial charge is 0.255 e. The molecule has 68 valence electrons. The number of pyridine rings is 1. The molecule has 0 aliphatic carbocycles. The van der Waals surface area contributed by atoms with E-state index >= 15 is 0 Å². The van der Waals surface area contributed by atoms with E-state index in [1.54, 1.807) is 0 Å². The zero-order valence-corrected chi connectivity index (χ0v) is 8.05. The average Bonchev–Trinajstić information content (AvgIpc) is 2.08. The Morgan fingerprint density at radius 3 is 2.77 bits per heavy atom. The minimum atomic E-state index is -2.58. The third-order valence-electron chi connectivity index (χ3n) is 1.44. The molecule has 0 unspecified atom stereocenters. The van der Waals surface area contributed by atoms with Crippen molar-refractivity contribution in [1.29, 1.82) is 5.26 Å². The van der Waals surface area contributed by atoms with Gasteiger partial charge in [0, 0.05) is 10.7 Å². The number of nitrogens with zero attached hydrogens (tertiary/aromatic N) is 2. The fourth-order valence-corrected chi connectivity index (χ4v) is 1.29. The van der Waals surface area contributed by atoms with Gasteiger partial charge in [0.25, 0.3) is 6.43 Å². The maximum Gasteiger partial charge on any atom is 0.280 e. The molecule has 0 saturated heterocycles. The topological polar surface area (TPSA) is 36.7 Å². The zero-order chi connectivity index (χ0) is 9.84. The Morgan fingerprint density at radius 1 is 1.62 bits per heavy atom. The molecular formula is C8H5BrF2N2. The molecule has 13 heavy (non-hydrogen) atoms. The van der Waals surface area contributed by atoms with E-state index in [0.717, 1.165) is 0 Å². The molecule has 1 rings (SSSR count). The van der Waals surface area contributed by atoms with Crippen LogP contribution in [0.2, 0.25) is 0 Å². The zero-order valence-electron chi connectivity index (χ0n) is 6.47. The summed E-state index contributed by atoms with van der Waals surface area (Å²) >= 11 is 3.09. The SMILES string of the molecule is N#CCc1cnc(C(F)F)cc1Br. The van der Waals surface area contributed by atoms with Gasteiger partial charge in [-0.15, -0.1) is 0 Å². The van der Waals surface area contributed by atoms with Crippen LogP contribution in [0.5, 0.6) is 0 Å². The second-order valence-corrected chi connectivity index (χ2v) is 3.19. The molecule has 0 saturated carbocycles. The van der Waals surface area contributed by atoms with Crippen LogP contribution in [0.25, 0.3) is 0 Å². The standard InChI is InChI=1S/C8H5BrF2N2/c9-6-3-7(8(10)11)13-4-5(6)1-2-12/h3-4,8H,1H2. The minimum absolute atomic E-state index is 0.164. The summed E-state index contributed by atoms with van der Waals surface area (Å²) in [6.07, 6.45) is -1.13. The lowest BCUT2D eigenvalue weighted by molar-refractivity contribution is 0.146. The van der Waals surface area contributed by atoms with Crippen LogP contribution < -0.4 is 0 Å². The minimum Gasteiger partial charge on any atom is -0.255 e. The Morgan fingerprint density at radius 2 is 2.31 bits per heavy atom. The van der Waals surface area contributed by atoms with Crippen LogP contribution in [0, 0.1) is 11.3 Å². The van der Waals surface area contributed by atoms with E-state index in [1.165, 1.54) is 12.3 Å². The third kappa shape index (κ3) is 2.46. The molecule has 0 aliphatic rings. The summed E-state index contributed by atoms with van der Waals surface area (Å²) in [5, 5.41) is 8.38. The summed E-state index contributed by atoms with van der Waals surface area (Å²) in [6, 6.07) is 3.15. The highest BCUT2D eigenvalue weighted by atomic mass is 79.9. The van der Waals surface area contributed by atoms with E-state index in [2.05, 4.69) is 20.9 Å². The summed E-state index contributed by atoms with van der Waals surface area (Å²) < 4.78 is 24.7. The maximum atomic E-state index is 12.1. The lowest BCUT2D eigenvalue weighted by Crippen LogP contribution is -1.93. The van der Waals surface area contributed by atoms with Gasteiger partial charge in [-0.2, -0.15) is 5.26 Å². The first kappa shape index (κ1) is 10.1. The van der Waals surface area contributed by atoms with Crippen LogP contribution in [0.1, 0.15) is 17.7 Å². The van der Waals surface area contributed by atoms with Crippen molar-refractivity contribution >= 4 is 15.9 Å². The van der Waals surface area contributed by atoms with Gasteiger partial charge in [0.1, 0.15) is 5.69 Å². The van der Waals surface area contributed by atoms with Gasteiger partial charge in [-0.3, -0.25) is 4.98 Å². The second kappa shape index (κ2) is 4.28. The van der Waals surface area contributed by atoms with Gasteiger partial charge in [-0.25, -0.2) is 8.78 Å². The lowest BCUT2D eigenvalue weighted by atomic mass is 10.2. The summed E-state index contributed by atoms with van der Waals surface area (Å²) in [5.74, 6) is 0. The number of nitriles is 1. The normalized spacial score (nSPS) is 10.1. The first-order valence-corrected chi connectivity index (χ1v) is 4.24.